The normalized spacial score (nSPS) is 14.5. The summed E-state index contributed by atoms with van der Waals surface area (Å²) in [5.41, 5.74) is 3.70. The first-order valence-corrected chi connectivity index (χ1v) is 14.5. The van der Waals surface area contributed by atoms with Gasteiger partial charge in [-0.1, -0.05) is 160 Å². The van der Waals surface area contributed by atoms with Gasteiger partial charge in [0, 0.05) is 0 Å². The van der Waals surface area contributed by atoms with E-state index in [-0.39, 0.29) is 0 Å². The van der Waals surface area contributed by atoms with Crippen molar-refractivity contribution in [3.63, 3.8) is 0 Å². The van der Waals surface area contributed by atoms with Crippen LogP contribution in [0.3, 0.4) is 0 Å². The molecule has 0 aromatic heterocycles. The first-order valence-electron chi connectivity index (χ1n) is 14.5. The third kappa shape index (κ3) is 16.4. The predicted octanol–water partition coefficient (Wildman–Crippen LogP) is 11.3. The van der Waals surface area contributed by atoms with Crippen molar-refractivity contribution in [2.24, 2.45) is 5.92 Å². The molecule has 1 unspecified atom stereocenters. The zero-order valence-corrected chi connectivity index (χ0v) is 21.5. The minimum atomic E-state index is 0.891. The van der Waals surface area contributed by atoms with Gasteiger partial charge in [0.05, 0.1) is 0 Å². The molecule has 0 radical (unpaired) electrons. The van der Waals surface area contributed by atoms with Gasteiger partial charge in [-0.15, -0.1) is 0 Å². The fraction of sp³-hybridized carbons (Fsp3) is 0.933. The van der Waals surface area contributed by atoms with Gasteiger partial charge in [0.2, 0.25) is 0 Å². The van der Waals surface area contributed by atoms with Crippen LogP contribution in [0.2, 0.25) is 0 Å². The molecule has 0 saturated heterocycles. The zero-order chi connectivity index (χ0) is 21.7. The first-order chi connectivity index (χ1) is 14.8. The Hall–Kier alpha value is -0.260. The largest absolute Gasteiger partial charge is 0.0663 e. The van der Waals surface area contributed by atoms with Crippen LogP contribution in [0.1, 0.15) is 175 Å². The number of allylic oxidation sites excluding steroid dienone is 2. The molecule has 178 valence electrons. The molecule has 0 heteroatoms. The maximum atomic E-state index is 2.49. The molecule has 1 aliphatic rings. The van der Waals surface area contributed by atoms with Crippen LogP contribution >= 0.6 is 0 Å². The highest BCUT2D eigenvalue weighted by Gasteiger charge is 2.25. The van der Waals surface area contributed by atoms with Gasteiger partial charge in [0.15, 0.2) is 0 Å². The second-order valence-corrected chi connectivity index (χ2v) is 10.5. The highest BCUT2D eigenvalue weighted by molar-refractivity contribution is 5.36. The molecule has 0 fully saturated rings. The average Bonchev–Trinajstić information content (AvgIpc) is 3.53. The highest BCUT2D eigenvalue weighted by Crippen LogP contribution is 2.42. The van der Waals surface area contributed by atoms with Crippen LogP contribution in [-0.2, 0) is 0 Å². The summed E-state index contributed by atoms with van der Waals surface area (Å²) >= 11 is 0. The molecule has 1 rings (SSSR count). The monoisotopic (exact) mass is 418 g/mol. The summed E-state index contributed by atoms with van der Waals surface area (Å²) in [5.74, 6) is 0.891. The van der Waals surface area contributed by atoms with Crippen LogP contribution in [0.25, 0.3) is 0 Å². The Morgan fingerprint density at radius 2 is 0.867 bits per heavy atom. The Morgan fingerprint density at radius 1 is 0.500 bits per heavy atom. The Bertz CT molecular complexity index is 391. The van der Waals surface area contributed by atoms with Crippen molar-refractivity contribution < 1.29 is 0 Å². The number of unbranched alkanes of at least 4 members (excludes halogenated alkanes) is 19. The van der Waals surface area contributed by atoms with E-state index in [1.54, 1.807) is 0 Å². The fourth-order valence-corrected chi connectivity index (χ4v) is 5.07. The van der Waals surface area contributed by atoms with Gasteiger partial charge in [-0.3, -0.25) is 0 Å². The highest BCUT2D eigenvalue weighted by atomic mass is 14.3. The molecule has 0 saturated carbocycles. The lowest BCUT2D eigenvalue weighted by Crippen LogP contribution is -1.92. The zero-order valence-electron chi connectivity index (χ0n) is 21.5. The van der Waals surface area contributed by atoms with E-state index in [4.69, 9.17) is 0 Å². The summed E-state index contributed by atoms with van der Waals surface area (Å²) in [6, 6.07) is 0. The lowest BCUT2D eigenvalue weighted by Gasteiger charge is -2.07. The quantitative estimate of drug-likeness (QED) is 0.108. The smallest absolute Gasteiger partial charge is 0.0100 e. The summed E-state index contributed by atoms with van der Waals surface area (Å²) in [4.78, 5) is 0. The van der Waals surface area contributed by atoms with Gasteiger partial charge in [-0.2, -0.15) is 0 Å². The van der Waals surface area contributed by atoms with Crippen LogP contribution in [0.5, 0.6) is 0 Å². The summed E-state index contributed by atoms with van der Waals surface area (Å²) in [6.07, 6.45) is 35.0. The molecule has 0 aromatic carbocycles. The second-order valence-electron chi connectivity index (χ2n) is 10.5. The van der Waals surface area contributed by atoms with E-state index in [1.165, 1.54) is 154 Å². The molecular formula is C30H58. The summed E-state index contributed by atoms with van der Waals surface area (Å²) in [5, 5.41) is 0. The van der Waals surface area contributed by atoms with Crippen molar-refractivity contribution in [1.29, 1.82) is 0 Å². The van der Waals surface area contributed by atoms with Gasteiger partial charge >= 0.3 is 0 Å². The molecule has 0 heterocycles. The third-order valence-corrected chi connectivity index (χ3v) is 7.40. The lowest BCUT2D eigenvalue weighted by molar-refractivity contribution is 0.514. The van der Waals surface area contributed by atoms with Crippen molar-refractivity contribution in [1.82, 2.24) is 0 Å². The Morgan fingerprint density at radius 3 is 1.30 bits per heavy atom. The van der Waals surface area contributed by atoms with Gasteiger partial charge in [0.25, 0.3) is 0 Å². The van der Waals surface area contributed by atoms with Crippen LogP contribution < -0.4 is 0 Å². The Balaban J connectivity index is 1.79. The van der Waals surface area contributed by atoms with Gasteiger partial charge in [-0.05, 0) is 31.6 Å². The summed E-state index contributed by atoms with van der Waals surface area (Å²) in [7, 11) is 0. The standard InChI is InChI=1S/C30H58/c1-4-6-8-10-12-13-14-15-16-17-18-19-20-21-23-25-28(3)30-27-29(30)26-24-22-11-9-7-5-2/h28H,4-27H2,1-3H3. The maximum Gasteiger partial charge on any atom is -0.0100 e. The lowest BCUT2D eigenvalue weighted by atomic mass is 9.99. The number of hydrogen-bond acceptors (Lipinski definition) is 0. The molecule has 1 aliphatic carbocycles. The molecule has 0 aliphatic heterocycles. The van der Waals surface area contributed by atoms with E-state index in [2.05, 4.69) is 20.8 Å². The minimum Gasteiger partial charge on any atom is -0.0663 e. The molecule has 1 atom stereocenters. The van der Waals surface area contributed by atoms with E-state index >= 15 is 0 Å². The molecule has 30 heavy (non-hydrogen) atoms. The molecule has 0 aromatic rings. The summed E-state index contributed by atoms with van der Waals surface area (Å²) < 4.78 is 0. The fourth-order valence-electron chi connectivity index (χ4n) is 5.07. The minimum absolute atomic E-state index is 0.891. The van der Waals surface area contributed by atoms with Crippen molar-refractivity contribution in [2.75, 3.05) is 0 Å². The van der Waals surface area contributed by atoms with E-state index in [0.717, 1.165) is 5.92 Å². The topological polar surface area (TPSA) is 0 Å². The average molecular weight is 419 g/mol. The second kappa shape index (κ2) is 20.6. The molecule has 0 N–H and O–H groups in total. The third-order valence-electron chi connectivity index (χ3n) is 7.40. The van der Waals surface area contributed by atoms with Crippen LogP contribution in [0, 0.1) is 5.92 Å². The van der Waals surface area contributed by atoms with Crippen molar-refractivity contribution in [3.8, 4) is 0 Å². The maximum absolute atomic E-state index is 2.49. The predicted molar refractivity (Wildman–Crippen MR) is 138 cm³/mol. The SMILES string of the molecule is CCCCCCCCCCCCCCCCCC(C)C1=C(CCCCCCCC)C1. The molecule has 0 amide bonds. The molecular weight excluding hydrogens is 360 g/mol. The Labute approximate surface area is 192 Å². The van der Waals surface area contributed by atoms with Crippen molar-refractivity contribution in [3.05, 3.63) is 11.1 Å². The van der Waals surface area contributed by atoms with Gasteiger partial charge in [0.1, 0.15) is 0 Å². The van der Waals surface area contributed by atoms with E-state index in [9.17, 15) is 0 Å². The number of hydrogen-bond donors (Lipinski definition) is 0. The summed E-state index contributed by atoms with van der Waals surface area (Å²) in [6.45, 7) is 7.11. The molecule has 0 spiro atoms. The Kier molecular flexibility index (Phi) is 19.1. The van der Waals surface area contributed by atoms with Crippen LogP contribution in [-0.4, -0.2) is 0 Å². The van der Waals surface area contributed by atoms with Crippen molar-refractivity contribution >= 4 is 0 Å². The molecule has 0 nitrogen and oxygen atoms in total. The number of rotatable bonds is 24. The van der Waals surface area contributed by atoms with E-state index in [1.807, 2.05) is 11.1 Å². The van der Waals surface area contributed by atoms with E-state index in [0.29, 0.717) is 0 Å². The van der Waals surface area contributed by atoms with Crippen LogP contribution in [0.4, 0.5) is 0 Å². The molecule has 0 bridgehead atoms. The van der Waals surface area contributed by atoms with Crippen molar-refractivity contribution in [2.45, 2.75) is 175 Å². The van der Waals surface area contributed by atoms with Gasteiger partial charge in [-0.25, -0.2) is 0 Å². The first kappa shape index (κ1) is 27.8. The van der Waals surface area contributed by atoms with E-state index < -0.39 is 0 Å². The van der Waals surface area contributed by atoms with Gasteiger partial charge < -0.3 is 0 Å². The van der Waals surface area contributed by atoms with Crippen LogP contribution in [0.15, 0.2) is 11.1 Å².